The van der Waals surface area contributed by atoms with E-state index >= 15 is 0 Å². The van der Waals surface area contributed by atoms with Gasteiger partial charge in [-0.15, -0.1) is 0 Å². The number of hydrogen-bond donors (Lipinski definition) is 0. The van der Waals surface area contributed by atoms with Crippen molar-refractivity contribution in [3.8, 4) is 22.9 Å². The quantitative estimate of drug-likeness (QED) is 0.264. The maximum absolute atomic E-state index is 9.59. The average Bonchev–Trinajstić information content (AvgIpc) is 3.27. The molecule has 3 heteroatoms. The van der Waals surface area contributed by atoms with Gasteiger partial charge in [0.1, 0.15) is 0 Å². The molecule has 0 fully saturated rings. The third kappa shape index (κ3) is 2.28. The van der Waals surface area contributed by atoms with Crippen molar-refractivity contribution in [2.24, 2.45) is 0 Å². The van der Waals surface area contributed by atoms with E-state index in [9.17, 15) is 5.26 Å². The Bertz CT molecular complexity index is 1670. The summed E-state index contributed by atoms with van der Waals surface area (Å²) in [7, 11) is 0. The van der Waals surface area contributed by atoms with Crippen LogP contribution in [-0.2, 0) is 5.41 Å². The SMILES string of the molecule is [C-]#[N+]c1ccc(-n2c3ccccc3c3cc4c(cc32)C(C)(C)c2ccccc2-4)cc1C#N. The minimum Gasteiger partial charge on any atom is -0.309 e. The maximum Gasteiger partial charge on any atom is 0.204 e. The Morgan fingerprint density at radius 3 is 2.41 bits per heavy atom. The highest BCUT2D eigenvalue weighted by atomic mass is 15.0. The number of nitriles is 1. The Kier molecular flexibility index (Phi) is 3.65. The molecular formula is C29H19N3. The van der Waals surface area contributed by atoms with Crippen LogP contribution in [0.3, 0.4) is 0 Å². The molecule has 1 aromatic heterocycles. The normalized spacial score (nSPS) is 13.5. The first kappa shape index (κ1) is 18.4. The average molecular weight is 409 g/mol. The lowest BCUT2D eigenvalue weighted by molar-refractivity contribution is 0.661. The summed E-state index contributed by atoms with van der Waals surface area (Å²) < 4.78 is 2.22. The number of rotatable bonds is 1. The van der Waals surface area contributed by atoms with Crippen molar-refractivity contribution in [1.29, 1.82) is 5.26 Å². The van der Waals surface area contributed by atoms with Gasteiger partial charge < -0.3 is 4.57 Å². The molecule has 0 unspecified atom stereocenters. The molecule has 0 radical (unpaired) electrons. The third-order valence-electron chi connectivity index (χ3n) is 6.86. The second-order valence-electron chi connectivity index (χ2n) is 8.86. The van der Waals surface area contributed by atoms with Crippen LogP contribution in [0.4, 0.5) is 5.69 Å². The Hall–Kier alpha value is -4.34. The van der Waals surface area contributed by atoms with Gasteiger partial charge in [0.15, 0.2) is 0 Å². The zero-order chi connectivity index (χ0) is 22.0. The van der Waals surface area contributed by atoms with Gasteiger partial charge in [0.25, 0.3) is 0 Å². The number of fused-ring (bicyclic) bond motifs is 6. The molecule has 3 nitrogen and oxygen atoms in total. The topological polar surface area (TPSA) is 33.1 Å². The molecule has 32 heavy (non-hydrogen) atoms. The summed E-state index contributed by atoms with van der Waals surface area (Å²) in [5.74, 6) is 0. The first-order chi connectivity index (χ1) is 15.5. The second kappa shape index (κ2) is 6.33. The van der Waals surface area contributed by atoms with Crippen LogP contribution in [0.2, 0.25) is 0 Å². The summed E-state index contributed by atoms with van der Waals surface area (Å²) in [4.78, 5) is 3.50. The third-order valence-corrected chi connectivity index (χ3v) is 6.86. The van der Waals surface area contributed by atoms with E-state index in [0.717, 1.165) is 16.7 Å². The van der Waals surface area contributed by atoms with Gasteiger partial charge in [-0.3, -0.25) is 0 Å². The molecule has 1 aliphatic rings. The van der Waals surface area contributed by atoms with Crippen LogP contribution >= 0.6 is 0 Å². The van der Waals surface area contributed by atoms with E-state index in [1.807, 2.05) is 18.2 Å². The second-order valence-corrected chi connectivity index (χ2v) is 8.86. The molecule has 0 spiro atoms. The first-order valence-electron chi connectivity index (χ1n) is 10.6. The van der Waals surface area contributed by atoms with E-state index in [-0.39, 0.29) is 5.41 Å². The minimum absolute atomic E-state index is 0.0901. The number of aromatic nitrogens is 1. The molecule has 0 bridgehead atoms. The monoisotopic (exact) mass is 409 g/mol. The lowest BCUT2D eigenvalue weighted by Crippen LogP contribution is -2.14. The Labute approximate surface area is 186 Å². The van der Waals surface area contributed by atoms with Gasteiger partial charge >= 0.3 is 0 Å². The highest BCUT2D eigenvalue weighted by molar-refractivity contribution is 6.11. The maximum atomic E-state index is 9.59. The summed E-state index contributed by atoms with van der Waals surface area (Å²) in [5, 5.41) is 12.0. The molecule has 0 saturated carbocycles. The van der Waals surface area contributed by atoms with Crippen LogP contribution in [-0.4, -0.2) is 4.57 Å². The van der Waals surface area contributed by atoms with E-state index in [4.69, 9.17) is 6.57 Å². The molecule has 0 N–H and O–H groups in total. The van der Waals surface area contributed by atoms with Crippen molar-refractivity contribution in [3.05, 3.63) is 107 Å². The fourth-order valence-corrected chi connectivity index (χ4v) is 5.29. The Balaban J connectivity index is 1.74. The number of para-hydroxylation sites is 1. The lowest BCUT2D eigenvalue weighted by Gasteiger charge is -2.21. The molecule has 1 heterocycles. The van der Waals surface area contributed by atoms with Gasteiger partial charge in [-0.1, -0.05) is 62.4 Å². The van der Waals surface area contributed by atoms with Crippen molar-refractivity contribution in [1.82, 2.24) is 4.57 Å². The number of nitrogens with zero attached hydrogens (tertiary/aromatic N) is 3. The highest BCUT2D eigenvalue weighted by Crippen LogP contribution is 2.50. The van der Waals surface area contributed by atoms with Crippen LogP contribution in [0.1, 0.15) is 30.5 Å². The molecular weight excluding hydrogens is 390 g/mol. The van der Waals surface area contributed by atoms with Gasteiger partial charge in [-0.05, 0) is 52.6 Å². The van der Waals surface area contributed by atoms with Crippen molar-refractivity contribution < 1.29 is 0 Å². The zero-order valence-electron chi connectivity index (χ0n) is 17.8. The van der Waals surface area contributed by atoms with Crippen LogP contribution in [0, 0.1) is 17.9 Å². The van der Waals surface area contributed by atoms with Crippen molar-refractivity contribution in [2.75, 3.05) is 0 Å². The highest BCUT2D eigenvalue weighted by Gasteiger charge is 2.36. The summed E-state index contributed by atoms with van der Waals surface area (Å²) in [5.41, 5.74) is 9.07. The molecule has 0 amide bonds. The predicted octanol–water partition coefficient (Wildman–Crippen LogP) is 7.51. The van der Waals surface area contributed by atoms with Gasteiger partial charge in [0.2, 0.25) is 5.69 Å². The molecule has 150 valence electrons. The van der Waals surface area contributed by atoms with E-state index in [2.05, 4.69) is 83.9 Å². The van der Waals surface area contributed by atoms with Crippen LogP contribution in [0.15, 0.2) is 78.9 Å². The molecule has 4 aromatic carbocycles. The van der Waals surface area contributed by atoms with Gasteiger partial charge in [0, 0.05) is 21.9 Å². The number of benzene rings is 4. The molecule has 5 aromatic rings. The summed E-state index contributed by atoms with van der Waals surface area (Å²) in [6.45, 7) is 11.9. The summed E-state index contributed by atoms with van der Waals surface area (Å²) in [6.07, 6.45) is 0. The predicted molar refractivity (Wildman–Crippen MR) is 129 cm³/mol. The fourth-order valence-electron chi connectivity index (χ4n) is 5.29. The standard InChI is InChI=1S/C29H19N3/c1-29(2)24-10-6-4-8-20(24)22-15-23-21-9-5-7-11-27(21)32(28(23)16-25(22)29)19-12-13-26(31-3)18(14-19)17-30/h4-16H,1-2H3. The van der Waals surface area contributed by atoms with Gasteiger partial charge in [-0.25, -0.2) is 4.85 Å². The smallest absolute Gasteiger partial charge is 0.204 e. The van der Waals surface area contributed by atoms with E-state index in [1.54, 1.807) is 6.07 Å². The van der Waals surface area contributed by atoms with Crippen molar-refractivity contribution in [3.63, 3.8) is 0 Å². The Morgan fingerprint density at radius 2 is 1.59 bits per heavy atom. The minimum atomic E-state index is -0.0901. The molecule has 0 aliphatic heterocycles. The zero-order valence-corrected chi connectivity index (χ0v) is 17.8. The van der Waals surface area contributed by atoms with Crippen LogP contribution in [0.5, 0.6) is 0 Å². The summed E-state index contributed by atoms with van der Waals surface area (Å²) in [6, 6.07) is 29.4. The van der Waals surface area contributed by atoms with E-state index in [1.165, 1.54) is 33.0 Å². The molecule has 6 rings (SSSR count). The summed E-state index contributed by atoms with van der Waals surface area (Å²) >= 11 is 0. The lowest BCUT2D eigenvalue weighted by atomic mass is 9.82. The van der Waals surface area contributed by atoms with Gasteiger partial charge in [0.05, 0.1) is 29.2 Å². The van der Waals surface area contributed by atoms with Crippen LogP contribution < -0.4 is 0 Å². The molecule has 0 saturated heterocycles. The first-order valence-corrected chi connectivity index (χ1v) is 10.6. The molecule has 1 aliphatic carbocycles. The fraction of sp³-hybridized carbons (Fsp3) is 0.103. The Morgan fingerprint density at radius 1 is 0.812 bits per heavy atom. The van der Waals surface area contributed by atoms with Crippen molar-refractivity contribution in [2.45, 2.75) is 19.3 Å². The van der Waals surface area contributed by atoms with E-state index in [0.29, 0.717) is 11.3 Å². The van der Waals surface area contributed by atoms with Crippen LogP contribution in [0.25, 0.3) is 43.5 Å². The largest absolute Gasteiger partial charge is 0.309 e. The van der Waals surface area contributed by atoms with Crippen molar-refractivity contribution >= 4 is 27.5 Å². The van der Waals surface area contributed by atoms with Gasteiger partial charge in [-0.2, -0.15) is 5.26 Å². The molecule has 0 atom stereocenters. The van der Waals surface area contributed by atoms with E-state index < -0.39 is 0 Å². The number of hydrogen-bond acceptors (Lipinski definition) is 1.